The normalized spacial score (nSPS) is 10.9. The standard InChI is InChI=1S/C12H9Cl2N5O2S/c1-18-12(20)19(17-16-18)9-4-2-3-8(13)7(9)6-21-11-15-5-10(14)22-11/h2-5H,6H2,1H3. The molecular weight excluding hydrogens is 349 g/mol. The Balaban J connectivity index is 1.96. The molecule has 0 amide bonds. The Hall–Kier alpha value is -1.90. The second-order valence-corrected chi connectivity index (χ2v) is 6.29. The fourth-order valence-electron chi connectivity index (χ4n) is 1.79. The average molecular weight is 358 g/mol. The minimum Gasteiger partial charge on any atom is -0.465 e. The van der Waals surface area contributed by atoms with E-state index in [0.717, 1.165) is 4.68 Å². The predicted molar refractivity (Wildman–Crippen MR) is 83.1 cm³/mol. The van der Waals surface area contributed by atoms with Crippen molar-refractivity contribution in [2.45, 2.75) is 6.61 Å². The lowest BCUT2D eigenvalue weighted by atomic mass is 10.2. The molecule has 1 aromatic carbocycles. The minimum absolute atomic E-state index is 0.127. The van der Waals surface area contributed by atoms with Gasteiger partial charge in [-0.2, -0.15) is 9.36 Å². The first-order valence-corrected chi connectivity index (χ1v) is 7.64. The SMILES string of the molecule is Cn1nnn(-c2cccc(Cl)c2COc2ncc(Cl)s2)c1=O. The summed E-state index contributed by atoms with van der Waals surface area (Å²) in [4.78, 5) is 16.0. The third-order valence-electron chi connectivity index (χ3n) is 2.84. The van der Waals surface area contributed by atoms with E-state index in [9.17, 15) is 4.79 Å². The number of aromatic nitrogens is 5. The van der Waals surface area contributed by atoms with Gasteiger partial charge in [-0.05, 0) is 22.6 Å². The molecule has 0 saturated carbocycles. The molecule has 10 heteroatoms. The Morgan fingerprint density at radius 2 is 2.14 bits per heavy atom. The van der Waals surface area contributed by atoms with Crippen molar-refractivity contribution in [1.29, 1.82) is 0 Å². The second kappa shape index (κ2) is 6.07. The van der Waals surface area contributed by atoms with Gasteiger partial charge >= 0.3 is 5.69 Å². The highest BCUT2D eigenvalue weighted by molar-refractivity contribution is 7.17. The van der Waals surface area contributed by atoms with E-state index in [-0.39, 0.29) is 12.3 Å². The molecule has 0 saturated heterocycles. The van der Waals surface area contributed by atoms with Gasteiger partial charge in [-0.25, -0.2) is 9.78 Å². The second-order valence-electron chi connectivity index (χ2n) is 4.25. The summed E-state index contributed by atoms with van der Waals surface area (Å²) < 4.78 is 8.40. The van der Waals surface area contributed by atoms with Crippen LogP contribution in [0.3, 0.4) is 0 Å². The summed E-state index contributed by atoms with van der Waals surface area (Å²) in [6.07, 6.45) is 1.50. The minimum atomic E-state index is -0.374. The molecule has 0 bridgehead atoms. The average Bonchev–Trinajstić information content (AvgIpc) is 3.05. The number of nitrogens with zero attached hydrogens (tertiary/aromatic N) is 5. The van der Waals surface area contributed by atoms with Gasteiger partial charge in [-0.1, -0.05) is 40.6 Å². The largest absolute Gasteiger partial charge is 0.465 e. The Kier molecular flexibility index (Phi) is 4.14. The molecular formula is C12H9Cl2N5O2S. The van der Waals surface area contributed by atoms with Gasteiger partial charge < -0.3 is 4.74 Å². The number of hydrogen-bond acceptors (Lipinski definition) is 6. The molecule has 0 radical (unpaired) electrons. The monoisotopic (exact) mass is 357 g/mol. The molecule has 22 heavy (non-hydrogen) atoms. The van der Waals surface area contributed by atoms with Crippen molar-refractivity contribution in [2.24, 2.45) is 7.05 Å². The van der Waals surface area contributed by atoms with Gasteiger partial charge in [-0.15, -0.1) is 0 Å². The van der Waals surface area contributed by atoms with E-state index < -0.39 is 0 Å². The van der Waals surface area contributed by atoms with Crippen molar-refractivity contribution in [1.82, 2.24) is 24.8 Å². The third kappa shape index (κ3) is 2.85. The maximum absolute atomic E-state index is 12.0. The summed E-state index contributed by atoms with van der Waals surface area (Å²) in [7, 11) is 1.52. The predicted octanol–water partition coefficient (Wildman–Crippen LogP) is 2.31. The van der Waals surface area contributed by atoms with Gasteiger partial charge in [0.1, 0.15) is 10.9 Å². The lowest BCUT2D eigenvalue weighted by Crippen LogP contribution is -2.23. The zero-order valence-electron chi connectivity index (χ0n) is 11.2. The van der Waals surface area contributed by atoms with Gasteiger partial charge in [0.15, 0.2) is 0 Å². The van der Waals surface area contributed by atoms with Gasteiger partial charge in [0.25, 0.3) is 5.19 Å². The smallest absolute Gasteiger partial charge is 0.368 e. The van der Waals surface area contributed by atoms with E-state index in [4.69, 9.17) is 27.9 Å². The molecule has 0 N–H and O–H groups in total. The van der Waals surface area contributed by atoms with E-state index in [0.29, 0.717) is 25.8 Å². The molecule has 7 nitrogen and oxygen atoms in total. The fourth-order valence-corrected chi connectivity index (χ4v) is 2.76. The van der Waals surface area contributed by atoms with E-state index in [1.54, 1.807) is 18.2 Å². The summed E-state index contributed by atoms with van der Waals surface area (Å²) in [6.45, 7) is 0.127. The van der Waals surface area contributed by atoms with Crippen LogP contribution in [0.15, 0.2) is 29.2 Å². The summed E-state index contributed by atoms with van der Waals surface area (Å²) in [5, 5.41) is 8.38. The summed E-state index contributed by atoms with van der Waals surface area (Å²) in [5.41, 5.74) is 0.743. The fraction of sp³-hybridized carbons (Fsp3) is 0.167. The van der Waals surface area contributed by atoms with E-state index in [1.807, 2.05) is 0 Å². The molecule has 114 valence electrons. The van der Waals surface area contributed by atoms with Crippen LogP contribution in [-0.4, -0.2) is 24.8 Å². The molecule has 0 aliphatic carbocycles. The van der Waals surface area contributed by atoms with Crippen molar-refractivity contribution < 1.29 is 4.74 Å². The summed E-state index contributed by atoms with van der Waals surface area (Å²) in [5.74, 6) is 0. The number of hydrogen-bond donors (Lipinski definition) is 0. The zero-order valence-corrected chi connectivity index (χ0v) is 13.6. The lowest BCUT2D eigenvalue weighted by molar-refractivity contribution is 0.304. The van der Waals surface area contributed by atoms with Crippen molar-refractivity contribution in [2.75, 3.05) is 0 Å². The first-order valence-electron chi connectivity index (χ1n) is 6.07. The molecule has 2 aromatic heterocycles. The van der Waals surface area contributed by atoms with Crippen molar-refractivity contribution in [3.05, 3.63) is 49.8 Å². The molecule has 3 rings (SSSR count). The zero-order chi connectivity index (χ0) is 15.7. The van der Waals surface area contributed by atoms with Crippen LogP contribution in [-0.2, 0) is 13.7 Å². The molecule has 0 spiro atoms. The van der Waals surface area contributed by atoms with Crippen LogP contribution >= 0.6 is 34.5 Å². The molecule has 3 aromatic rings. The number of benzene rings is 1. The number of thiazole rings is 1. The van der Waals surface area contributed by atoms with Crippen LogP contribution in [0.25, 0.3) is 5.69 Å². The van der Waals surface area contributed by atoms with Crippen LogP contribution in [0.5, 0.6) is 5.19 Å². The van der Waals surface area contributed by atoms with Crippen LogP contribution in [0.1, 0.15) is 5.56 Å². The maximum atomic E-state index is 12.0. The van der Waals surface area contributed by atoms with Gasteiger partial charge in [0.05, 0.1) is 11.9 Å². The van der Waals surface area contributed by atoms with Crippen molar-refractivity contribution >= 4 is 34.5 Å². The van der Waals surface area contributed by atoms with Crippen LogP contribution in [0, 0.1) is 0 Å². The Bertz CT molecular complexity index is 873. The lowest BCUT2D eigenvalue weighted by Gasteiger charge is -2.10. The topological polar surface area (TPSA) is 74.8 Å². The van der Waals surface area contributed by atoms with Crippen LogP contribution in [0.4, 0.5) is 0 Å². The number of halogens is 2. The highest BCUT2D eigenvalue weighted by Crippen LogP contribution is 2.28. The first-order chi connectivity index (χ1) is 10.6. The van der Waals surface area contributed by atoms with Crippen LogP contribution < -0.4 is 10.4 Å². The van der Waals surface area contributed by atoms with E-state index in [2.05, 4.69) is 15.4 Å². The number of rotatable bonds is 4. The Labute approximate surface area is 138 Å². The number of ether oxygens (including phenoxy) is 1. The Morgan fingerprint density at radius 3 is 2.77 bits per heavy atom. The number of aryl methyl sites for hydroxylation is 1. The third-order valence-corrected chi connectivity index (χ3v) is 4.22. The van der Waals surface area contributed by atoms with Gasteiger partial charge in [0.2, 0.25) is 0 Å². The highest BCUT2D eigenvalue weighted by Gasteiger charge is 2.15. The molecule has 0 fully saturated rings. The Morgan fingerprint density at radius 1 is 1.32 bits per heavy atom. The van der Waals surface area contributed by atoms with E-state index in [1.165, 1.54) is 29.3 Å². The number of tetrazole rings is 1. The molecule has 0 unspecified atom stereocenters. The quantitative estimate of drug-likeness (QED) is 0.716. The maximum Gasteiger partial charge on any atom is 0.368 e. The van der Waals surface area contributed by atoms with Gasteiger partial charge in [0, 0.05) is 17.6 Å². The van der Waals surface area contributed by atoms with Crippen molar-refractivity contribution in [3.8, 4) is 10.9 Å². The highest BCUT2D eigenvalue weighted by atomic mass is 35.5. The van der Waals surface area contributed by atoms with Crippen LogP contribution in [0.2, 0.25) is 9.36 Å². The van der Waals surface area contributed by atoms with E-state index >= 15 is 0 Å². The van der Waals surface area contributed by atoms with Crippen molar-refractivity contribution in [3.63, 3.8) is 0 Å². The molecule has 2 heterocycles. The first kappa shape index (κ1) is 15.0. The molecule has 0 aliphatic heterocycles. The molecule has 0 atom stereocenters. The van der Waals surface area contributed by atoms with Gasteiger partial charge in [-0.3, -0.25) is 0 Å². The molecule has 0 aliphatic rings. The summed E-state index contributed by atoms with van der Waals surface area (Å²) >= 11 is 13.2. The summed E-state index contributed by atoms with van der Waals surface area (Å²) in [6, 6.07) is 5.15.